The van der Waals surface area contributed by atoms with Gasteiger partial charge in [-0.3, -0.25) is 24.0 Å². The second-order valence-corrected chi connectivity index (χ2v) is 32.9. The fraction of sp³-hybridized carbons (Fsp3) is 0.765. The number of nitrogens with one attached hydrogen (secondary N) is 10. The molecule has 6 heterocycles. The Labute approximate surface area is 814 Å². The lowest BCUT2D eigenvalue weighted by molar-refractivity contribution is -0.261. The summed E-state index contributed by atoms with van der Waals surface area (Å²) in [5, 5.41) is 142. The van der Waals surface area contributed by atoms with Crippen molar-refractivity contribution in [2.24, 2.45) is 0 Å². The van der Waals surface area contributed by atoms with Crippen LogP contribution in [0.2, 0.25) is 0 Å². The van der Waals surface area contributed by atoms with Crippen molar-refractivity contribution in [1.29, 1.82) is 0 Å². The number of carbonyl (C=O) groups excluding carboxylic acids is 8. The summed E-state index contributed by atoms with van der Waals surface area (Å²) in [6.07, 6.45) is -7.12. The van der Waals surface area contributed by atoms with Gasteiger partial charge in [0, 0.05) is 98.2 Å². The van der Waals surface area contributed by atoms with Crippen molar-refractivity contribution in [1.82, 2.24) is 98.1 Å². The Morgan fingerprint density at radius 1 is 0.352 bits per heavy atom. The number of halogens is 5. The van der Waals surface area contributed by atoms with Crippen LogP contribution < -0.4 is 57.9 Å². The first kappa shape index (κ1) is 119. The van der Waals surface area contributed by atoms with Crippen molar-refractivity contribution < 1.29 is 182 Å². The van der Waals surface area contributed by atoms with Crippen LogP contribution in [0.4, 0.5) is 36.3 Å². The Morgan fingerprint density at radius 3 is 0.944 bits per heavy atom. The lowest BCUT2D eigenvalue weighted by Crippen LogP contribution is -2.65. The van der Waals surface area contributed by atoms with Gasteiger partial charge in [0.25, 0.3) is 0 Å². The average molecular weight is 2050 g/mol. The van der Waals surface area contributed by atoms with Gasteiger partial charge < -0.3 is 175 Å². The number of benzene rings is 1. The molecule has 0 spiro atoms. The topological polar surface area (TPSA) is 679 Å². The van der Waals surface area contributed by atoms with Crippen molar-refractivity contribution in [2.45, 2.75) is 240 Å². The first-order valence-electron chi connectivity index (χ1n) is 46.8. The monoisotopic (exact) mass is 2050 g/mol. The minimum absolute atomic E-state index is 0.0153. The second-order valence-electron chi connectivity index (χ2n) is 32.9. The molecule has 0 bridgehead atoms. The summed E-state index contributed by atoms with van der Waals surface area (Å²) in [5.74, 6) is -16.0. The number of esters is 1. The molecule has 3 saturated heterocycles. The van der Waals surface area contributed by atoms with Crippen molar-refractivity contribution in [3.8, 4) is 5.75 Å². The summed E-state index contributed by atoms with van der Waals surface area (Å²) in [6, 6.07) is -5.50. The van der Waals surface area contributed by atoms with Gasteiger partial charge in [-0.05, 0) is 32.1 Å². The van der Waals surface area contributed by atoms with E-state index in [0.29, 0.717) is 81.7 Å². The van der Waals surface area contributed by atoms with E-state index in [0.717, 1.165) is 0 Å². The van der Waals surface area contributed by atoms with Crippen LogP contribution in [0.5, 0.6) is 5.75 Å². The summed E-state index contributed by atoms with van der Waals surface area (Å²) in [6.45, 7) is 2.07. The Bertz CT molecular complexity index is 3970. The van der Waals surface area contributed by atoms with Gasteiger partial charge in [0.15, 0.2) is 18.9 Å². The number of aromatic nitrogens is 9. The number of aliphatic hydroxyl groups excluding tert-OH is 9. The van der Waals surface area contributed by atoms with E-state index in [-0.39, 0.29) is 216 Å². The zero-order valence-electron chi connectivity index (χ0n) is 79.7. The van der Waals surface area contributed by atoms with E-state index in [1.807, 2.05) is 0 Å². The number of ether oxygens (including phenoxy) is 16. The molecule has 1 aromatic carbocycles. The number of urea groups is 3. The van der Waals surface area contributed by atoms with Crippen LogP contribution in [0.1, 0.15) is 120 Å². The summed E-state index contributed by atoms with van der Waals surface area (Å²) in [5.41, 5.74) is 0.178. The van der Waals surface area contributed by atoms with E-state index in [1.165, 1.54) is 21.3 Å². The zero-order chi connectivity index (χ0) is 103. The number of rotatable bonds is 73. The number of amides is 10. The Hall–Kier alpha value is -9.51. The van der Waals surface area contributed by atoms with Crippen molar-refractivity contribution in [3.05, 3.63) is 64.8 Å². The van der Waals surface area contributed by atoms with E-state index >= 15 is 0 Å². The molecule has 52 nitrogen and oxygen atoms in total. The molecule has 3 aliphatic heterocycles. The third-order valence-electron chi connectivity index (χ3n) is 22.4. The standard InChI is InChI=1S/C85H138F5N19O33/c1-127-79-69(75(121)72(118)56(47-110)139-79)97-82(124)94-23-32-136-50-53-44-107(104-101-53)26-35-133-41-38-130-29-20-91-59(113)14-17-85(100-62(116)12-10-8-6-4-5-7-9-11-13-63(117)142-78-67(89)65(87)64(86)66(88)68(78)90,18-15-60(114)92-21-30-131-39-42-134-36-27-108-45-54(102-105-108)51-137-33-24-95-83(125)98-70-76(122)73(119)57(48-111)140-80(70)128-2)19-16-61(115)93-22-31-132-40-43-135-37-28-109-46-55(103-106-109)52-138-34-25-96-84(126)99-71-77(123)74(120)58(49-112)141-81(71)129-3/h44-46,56-58,69-77,79-81,110-112,118-123H,4-43,47-52H2,1-3H3,(H,91,113)(H,92,114)(H,93,115)(H,100,116)(H2,94,97,124)(H2,95,98,125)(H2,96,99,126)/t56-,57-,58+,69-,70-,71-,72+,73+,74+,75-,76-,77-,79-,80-,81-/m1/s1. The number of carbonyl (C=O) groups is 8. The largest absolute Gasteiger partial charge is 0.420 e. The summed E-state index contributed by atoms with van der Waals surface area (Å²) < 4.78 is 161. The molecule has 3 aromatic heterocycles. The fourth-order valence-electron chi connectivity index (χ4n) is 14.6. The third kappa shape index (κ3) is 43.0. The number of hydrogen-bond acceptors (Lipinski definition) is 39. The predicted molar refractivity (Wildman–Crippen MR) is 475 cm³/mol. The SMILES string of the molecule is CO[C@@H]1O[C@@H](CO)[C@H](O)[C@H](O)[C@H]1NC(=O)NCCOCc1cn(CCOCCOCCNC(=O)CCC(CCC(=O)NCCOCCOCCn2cc(COCCNC(=O)N[C@H]3[C@H](OC)O[C@H](CO)[C@H](O)[C@@H]3O)nn2)(CCC(=O)NCCOCCOCCn2cc(COCCNC(=O)N[C@H]3[C@H](OC)O[C@H](CO)[C@H](O)[C@@H]3O)nn2)NC(=O)CCCCCCCCCCC(=O)Oc2c(F)c(F)c(F)c(F)c2F)nn1. The van der Waals surface area contributed by atoms with Gasteiger partial charge in [0.05, 0.1) is 177 Å². The molecule has 0 unspecified atom stereocenters. The van der Waals surface area contributed by atoms with Crippen molar-refractivity contribution >= 4 is 47.7 Å². The highest BCUT2D eigenvalue weighted by Crippen LogP contribution is 2.32. The second kappa shape index (κ2) is 67.2. The molecule has 19 N–H and O–H groups in total. The molecule has 10 amide bonds. The quantitative estimate of drug-likeness (QED) is 0.00495. The molecule has 0 saturated carbocycles. The molecular formula is C85H138F5N19O33. The number of hydrogen-bond donors (Lipinski definition) is 19. The molecule has 3 fully saturated rings. The smallest absolute Gasteiger partial charge is 0.315 e. The van der Waals surface area contributed by atoms with Crippen LogP contribution in [0.15, 0.2) is 18.6 Å². The van der Waals surface area contributed by atoms with E-state index in [9.17, 15) is 106 Å². The van der Waals surface area contributed by atoms with Gasteiger partial charge in [-0.2, -0.15) is 8.78 Å². The summed E-state index contributed by atoms with van der Waals surface area (Å²) in [7, 11) is 3.85. The fourth-order valence-corrected chi connectivity index (χ4v) is 14.6. The molecule has 0 aliphatic carbocycles. The Kier molecular flexibility index (Phi) is 56.5. The Balaban J connectivity index is 0.848. The van der Waals surface area contributed by atoms with Crippen molar-refractivity contribution in [2.75, 3.05) is 180 Å². The van der Waals surface area contributed by atoms with Crippen LogP contribution in [0.25, 0.3) is 0 Å². The van der Waals surface area contributed by atoms with Gasteiger partial charge in [-0.15, -0.1) is 15.3 Å². The van der Waals surface area contributed by atoms with Crippen LogP contribution >= 0.6 is 0 Å². The number of methoxy groups -OCH3 is 3. The predicted octanol–water partition coefficient (Wildman–Crippen LogP) is -4.48. The van der Waals surface area contributed by atoms with E-state index < -0.39 is 200 Å². The number of unbranched alkanes of at least 4 members (excludes halogenated alkanes) is 7. The van der Waals surface area contributed by atoms with E-state index in [2.05, 4.69) is 88.8 Å². The van der Waals surface area contributed by atoms with Gasteiger partial charge in [-0.25, -0.2) is 41.6 Å². The molecular weight excluding hydrogens is 1910 g/mol. The normalized spacial score (nSPS) is 21.3. The molecule has 0 radical (unpaired) electrons. The van der Waals surface area contributed by atoms with E-state index in [1.54, 1.807) is 32.6 Å². The first-order valence-corrected chi connectivity index (χ1v) is 46.8. The van der Waals surface area contributed by atoms with Gasteiger partial charge >= 0.3 is 24.1 Å². The summed E-state index contributed by atoms with van der Waals surface area (Å²) in [4.78, 5) is 105. The first-order chi connectivity index (χ1) is 68.5. The maximum absolute atomic E-state index is 14.2. The number of aliphatic hydroxyl groups is 9. The zero-order valence-corrected chi connectivity index (χ0v) is 79.7. The molecule has 57 heteroatoms. The highest BCUT2D eigenvalue weighted by Gasteiger charge is 2.48. The molecule has 3 aliphatic rings. The lowest BCUT2D eigenvalue weighted by atomic mass is 9.82. The van der Waals surface area contributed by atoms with Crippen molar-refractivity contribution in [3.63, 3.8) is 0 Å². The molecule has 142 heavy (non-hydrogen) atoms. The van der Waals surface area contributed by atoms with Crippen LogP contribution in [0, 0.1) is 29.1 Å². The lowest BCUT2D eigenvalue weighted by Gasteiger charge is -2.41. The number of nitrogens with zero attached hydrogens (tertiary/aromatic N) is 9. The highest BCUT2D eigenvalue weighted by atomic mass is 19.2. The maximum atomic E-state index is 14.2. The molecule has 806 valence electrons. The molecule has 7 rings (SSSR count). The highest BCUT2D eigenvalue weighted by molar-refractivity contribution is 5.80. The minimum Gasteiger partial charge on any atom is -0.420 e. The Morgan fingerprint density at radius 2 is 0.634 bits per heavy atom. The third-order valence-corrected chi connectivity index (χ3v) is 22.4. The van der Waals surface area contributed by atoms with Gasteiger partial charge in [0.1, 0.15) is 90.1 Å². The van der Waals surface area contributed by atoms with E-state index in [4.69, 9.17) is 71.1 Å². The van der Waals surface area contributed by atoms with Gasteiger partial charge in [-0.1, -0.05) is 54.2 Å². The maximum Gasteiger partial charge on any atom is 0.315 e. The molecule has 4 aromatic rings. The van der Waals surface area contributed by atoms with Crippen LogP contribution in [-0.2, 0) is 134 Å². The summed E-state index contributed by atoms with van der Waals surface area (Å²) >= 11 is 0. The minimum atomic E-state index is -2.39. The molecule has 15 atom stereocenters. The van der Waals surface area contributed by atoms with Crippen LogP contribution in [-0.4, -0.2) is 416 Å². The van der Waals surface area contributed by atoms with Crippen LogP contribution in [0.3, 0.4) is 0 Å². The van der Waals surface area contributed by atoms with Gasteiger partial charge in [0.2, 0.25) is 58.5 Å². The average Bonchev–Trinajstić information content (AvgIpc) is 1.35.